The van der Waals surface area contributed by atoms with Crippen molar-refractivity contribution in [3.63, 3.8) is 0 Å². The molecule has 2 nitrogen and oxygen atoms in total. The van der Waals surface area contributed by atoms with Gasteiger partial charge in [-0.15, -0.1) is 0 Å². The Balaban J connectivity index is 2.39. The van der Waals surface area contributed by atoms with Crippen LogP contribution in [0.2, 0.25) is 0 Å². The maximum Gasteiger partial charge on any atom is 0.0998 e. The van der Waals surface area contributed by atoms with Gasteiger partial charge in [-0.1, -0.05) is 36.4 Å². The third-order valence-corrected chi connectivity index (χ3v) is 2.19. The van der Waals surface area contributed by atoms with Crippen molar-refractivity contribution in [2.24, 2.45) is 0 Å². The first-order chi connectivity index (χ1) is 7.90. The van der Waals surface area contributed by atoms with Gasteiger partial charge in [-0.25, -0.2) is 0 Å². The van der Waals surface area contributed by atoms with Crippen molar-refractivity contribution in [1.82, 2.24) is 4.98 Å². The molecule has 0 aliphatic rings. The van der Waals surface area contributed by atoms with Gasteiger partial charge in [0.2, 0.25) is 0 Å². The zero-order chi connectivity index (χ0) is 11.2. The molecule has 2 aromatic rings. The molecule has 0 bridgehead atoms. The second-order valence-corrected chi connectivity index (χ2v) is 3.29. The first-order valence-corrected chi connectivity index (χ1v) is 4.98. The van der Waals surface area contributed by atoms with Crippen molar-refractivity contribution in [3.8, 4) is 6.07 Å². The Hall–Kier alpha value is -2.40. The molecular formula is C14H10N2. The lowest BCUT2D eigenvalue weighted by molar-refractivity contribution is 1.30. The molecule has 1 aromatic heterocycles. The van der Waals surface area contributed by atoms with Crippen LogP contribution in [-0.4, -0.2) is 4.98 Å². The Labute approximate surface area is 94.5 Å². The van der Waals surface area contributed by atoms with E-state index in [1.165, 1.54) is 0 Å². The van der Waals surface area contributed by atoms with Crippen LogP contribution in [0.4, 0.5) is 0 Å². The average molecular weight is 206 g/mol. The second-order valence-electron chi connectivity index (χ2n) is 3.29. The monoisotopic (exact) mass is 206 g/mol. The van der Waals surface area contributed by atoms with E-state index in [0.29, 0.717) is 5.57 Å². The highest BCUT2D eigenvalue weighted by atomic mass is 14.6. The number of rotatable bonds is 2. The molecule has 0 aliphatic carbocycles. The zero-order valence-corrected chi connectivity index (χ0v) is 8.67. The molecule has 16 heavy (non-hydrogen) atoms. The highest BCUT2D eigenvalue weighted by Crippen LogP contribution is 2.15. The Morgan fingerprint density at radius 2 is 1.81 bits per heavy atom. The van der Waals surface area contributed by atoms with E-state index in [9.17, 15) is 0 Å². The van der Waals surface area contributed by atoms with Crippen molar-refractivity contribution < 1.29 is 0 Å². The van der Waals surface area contributed by atoms with Gasteiger partial charge < -0.3 is 0 Å². The molecule has 2 rings (SSSR count). The van der Waals surface area contributed by atoms with E-state index >= 15 is 0 Å². The van der Waals surface area contributed by atoms with Crippen LogP contribution in [0.1, 0.15) is 11.3 Å². The molecule has 1 aromatic carbocycles. The summed E-state index contributed by atoms with van der Waals surface area (Å²) < 4.78 is 0. The summed E-state index contributed by atoms with van der Waals surface area (Å²) >= 11 is 0. The van der Waals surface area contributed by atoms with Crippen LogP contribution in [0.3, 0.4) is 0 Å². The molecule has 0 radical (unpaired) electrons. The molecule has 0 spiro atoms. The van der Waals surface area contributed by atoms with Crippen LogP contribution >= 0.6 is 0 Å². The van der Waals surface area contributed by atoms with E-state index in [-0.39, 0.29) is 0 Å². The predicted octanol–water partition coefficient (Wildman–Crippen LogP) is 3.15. The topological polar surface area (TPSA) is 36.7 Å². The molecule has 0 saturated carbocycles. The minimum Gasteiger partial charge on any atom is -0.257 e. The summed E-state index contributed by atoms with van der Waals surface area (Å²) in [6, 6.07) is 17.4. The predicted molar refractivity (Wildman–Crippen MR) is 64.2 cm³/mol. The van der Waals surface area contributed by atoms with Crippen LogP contribution < -0.4 is 0 Å². The second kappa shape index (κ2) is 4.90. The van der Waals surface area contributed by atoms with Crippen LogP contribution in [-0.2, 0) is 0 Å². The summed E-state index contributed by atoms with van der Waals surface area (Å²) in [4.78, 5) is 4.16. The van der Waals surface area contributed by atoms with Crippen LogP contribution in [0.25, 0.3) is 11.6 Å². The van der Waals surface area contributed by atoms with E-state index in [4.69, 9.17) is 5.26 Å². The molecule has 76 valence electrons. The van der Waals surface area contributed by atoms with Gasteiger partial charge in [0.15, 0.2) is 0 Å². The number of pyridine rings is 1. The minimum atomic E-state index is 0.624. The van der Waals surface area contributed by atoms with Gasteiger partial charge in [-0.3, -0.25) is 4.98 Å². The lowest BCUT2D eigenvalue weighted by atomic mass is 10.1. The summed E-state index contributed by atoms with van der Waals surface area (Å²) in [5, 5.41) is 9.09. The Kier molecular flexibility index (Phi) is 3.10. The first-order valence-electron chi connectivity index (χ1n) is 4.98. The Morgan fingerprint density at radius 3 is 2.44 bits per heavy atom. The fraction of sp³-hybridized carbons (Fsp3) is 0. The highest BCUT2D eigenvalue weighted by molar-refractivity contribution is 5.88. The number of nitriles is 1. The maximum atomic E-state index is 9.09. The molecular weight excluding hydrogens is 196 g/mol. The third-order valence-electron chi connectivity index (χ3n) is 2.19. The first kappa shape index (κ1) is 10.1. The molecule has 0 N–H and O–H groups in total. The standard InChI is InChI=1S/C14H10N2/c15-11-13(12-6-2-1-3-7-12)10-14-8-4-5-9-16-14/h1-10H. The molecule has 0 unspecified atom stereocenters. The molecule has 0 saturated heterocycles. The molecule has 1 heterocycles. The molecule has 0 amide bonds. The number of allylic oxidation sites excluding steroid dienone is 1. The van der Waals surface area contributed by atoms with Gasteiger partial charge in [-0.2, -0.15) is 5.26 Å². The fourth-order valence-corrected chi connectivity index (χ4v) is 1.41. The van der Waals surface area contributed by atoms with Crippen molar-refractivity contribution >= 4 is 11.6 Å². The number of hydrogen-bond acceptors (Lipinski definition) is 2. The molecule has 0 aliphatic heterocycles. The Bertz CT molecular complexity index is 522. The molecule has 0 fully saturated rings. The van der Waals surface area contributed by atoms with Crippen LogP contribution in [0, 0.1) is 11.3 Å². The van der Waals surface area contributed by atoms with Crippen LogP contribution in [0.5, 0.6) is 0 Å². The smallest absolute Gasteiger partial charge is 0.0998 e. The summed E-state index contributed by atoms with van der Waals surface area (Å²) in [6.45, 7) is 0. The van der Waals surface area contributed by atoms with E-state index in [0.717, 1.165) is 11.3 Å². The molecule has 0 atom stereocenters. The van der Waals surface area contributed by atoms with Gasteiger partial charge in [0, 0.05) is 6.20 Å². The largest absolute Gasteiger partial charge is 0.257 e. The average Bonchev–Trinajstić information content (AvgIpc) is 2.38. The summed E-state index contributed by atoms with van der Waals surface area (Å²) in [7, 11) is 0. The van der Waals surface area contributed by atoms with Crippen molar-refractivity contribution in [1.29, 1.82) is 5.26 Å². The van der Waals surface area contributed by atoms with Crippen molar-refractivity contribution in [2.45, 2.75) is 0 Å². The van der Waals surface area contributed by atoms with Gasteiger partial charge >= 0.3 is 0 Å². The number of hydrogen-bond donors (Lipinski definition) is 0. The van der Waals surface area contributed by atoms with Crippen molar-refractivity contribution in [3.05, 3.63) is 66.0 Å². The fourth-order valence-electron chi connectivity index (χ4n) is 1.41. The normalized spacial score (nSPS) is 10.8. The maximum absolute atomic E-state index is 9.09. The van der Waals surface area contributed by atoms with Gasteiger partial charge in [0.25, 0.3) is 0 Å². The quantitative estimate of drug-likeness (QED) is 0.708. The summed E-state index contributed by atoms with van der Waals surface area (Å²) in [5.41, 5.74) is 2.33. The molecule has 2 heteroatoms. The van der Waals surface area contributed by atoms with Gasteiger partial charge in [0.1, 0.15) is 0 Å². The number of benzene rings is 1. The van der Waals surface area contributed by atoms with E-state index in [1.807, 2.05) is 48.5 Å². The van der Waals surface area contributed by atoms with Crippen LogP contribution in [0.15, 0.2) is 54.7 Å². The number of aromatic nitrogens is 1. The third kappa shape index (κ3) is 2.34. The van der Waals surface area contributed by atoms with E-state index in [1.54, 1.807) is 12.3 Å². The van der Waals surface area contributed by atoms with Gasteiger partial charge in [0.05, 0.1) is 17.3 Å². The minimum absolute atomic E-state index is 0.624. The van der Waals surface area contributed by atoms with E-state index in [2.05, 4.69) is 11.1 Å². The summed E-state index contributed by atoms with van der Waals surface area (Å²) in [5.74, 6) is 0. The lowest BCUT2D eigenvalue weighted by Crippen LogP contribution is -1.83. The SMILES string of the molecule is N#CC(=Cc1ccccn1)c1ccccc1. The lowest BCUT2D eigenvalue weighted by Gasteiger charge is -1.98. The zero-order valence-electron chi connectivity index (χ0n) is 8.67. The number of nitrogens with zero attached hydrogens (tertiary/aromatic N) is 2. The van der Waals surface area contributed by atoms with E-state index < -0.39 is 0 Å². The Morgan fingerprint density at radius 1 is 1.06 bits per heavy atom. The summed E-state index contributed by atoms with van der Waals surface area (Å²) in [6.07, 6.45) is 3.50. The van der Waals surface area contributed by atoms with Crippen molar-refractivity contribution in [2.75, 3.05) is 0 Å². The van der Waals surface area contributed by atoms with Gasteiger partial charge in [-0.05, 0) is 23.8 Å². The highest BCUT2D eigenvalue weighted by Gasteiger charge is 1.99.